The predicted molar refractivity (Wildman–Crippen MR) is 91.0 cm³/mol. The van der Waals surface area contributed by atoms with Crippen molar-refractivity contribution in [3.8, 4) is 10.6 Å². The Morgan fingerprint density at radius 1 is 1.36 bits per heavy atom. The lowest BCUT2D eigenvalue weighted by atomic mass is 10.4. The first-order valence-electron chi connectivity index (χ1n) is 6.60. The number of anilines is 1. The number of thiophene rings is 1. The molecule has 0 fully saturated rings. The monoisotopic (exact) mass is 352 g/mol. The number of carbonyl (C=O) groups is 1. The van der Waals surface area contributed by atoms with Crippen LogP contribution in [0.2, 0.25) is 4.34 Å². The van der Waals surface area contributed by atoms with Gasteiger partial charge in [0.2, 0.25) is 0 Å². The van der Waals surface area contributed by atoms with Crippen LogP contribution in [0.3, 0.4) is 0 Å². The van der Waals surface area contributed by atoms with Gasteiger partial charge in [0.25, 0.3) is 5.91 Å². The average molecular weight is 353 g/mol. The van der Waals surface area contributed by atoms with Crippen molar-refractivity contribution in [1.82, 2.24) is 14.8 Å². The fourth-order valence-corrected chi connectivity index (χ4v) is 3.59. The molecule has 0 aromatic carbocycles. The maximum atomic E-state index is 12.2. The summed E-state index contributed by atoms with van der Waals surface area (Å²) >= 11 is 8.76. The summed E-state index contributed by atoms with van der Waals surface area (Å²) in [5, 5.41) is 9.45. The standard InChI is InChI=1S/C14H13ClN4OS2/c1-8(2)19-6-5-9(18-19)13(20)17-14-16-10(7-21-14)11-3-4-12(15)22-11/h3-8H,1-2H3,(H,16,17,20). The summed E-state index contributed by atoms with van der Waals surface area (Å²) in [6.45, 7) is 4.02. The molecule has 3 heterocycles. The highest BCUT2D eigenvalue weighted by atomic mass is 35.5. The van der Waals surface area contributed by atoms with Gasteiger partial charge < -0.3 is 0 Å². The molecule has 3 rings (SSSR count). The molecule has 0 saturated heterocycles. The molecule has 114 valence electrons. The first kappa shape index (κ1) is 15.2. The maximum Gasteiger partial charge on any atom is 0.277 e. The molecule has 0 aliphatic rings. The van der Waals surface area contributed by atoms with Crippen LogP contribution in [0.25, 0.3) is 10.6 Å². The van der Waals surface area contributed by atoms with Crippen LogP contribution >= 0.6 is 34.3 Å². The highest BCUT2D eigenvalue weighted by Crippen LogP contribution is 2.32. The minimum Gasteiger partial charge on any atom is -0.296 e. The summed E-state index contributed by atoms with van der Waals surface area (Å²) in [6.07, 6.45) is 1.79. The van der Waals surface area contributed by atoms with E-state index in [2.05, 4.69) is 15.4 Å². The molecule has 1 N–H and O–H groups in total. The fourth-order valence-electron chi connectivity index (χ4n) is 1.80. The smallest absolute Gasteiger partial charge is 0.277 e. The van der Waals surface area contributed by atoms with Gasteiger partial charge in [0.15, 0.2) is 10.8 Å². The Morgan fingerprint density at radius 2 is 2.18 bits per heavy atom. The number of rotatable bonds is 4. The minimum absolute atomic E-state index is 0.219. The third-order valence-corrected chi connectivity index (χ3v) is 4.93. The lowest BCUT2D eigenvalue weighted by molar-refractivity contribution is 0.102. The number of halogens is 1. The molecule has 0 unspecified atom stereocenters. The van der Waals surface area contributed by atoms with Gasteiger partial charge in [0.05, 0.1) is 14.9 Å². The third-order valence-electron chi connectivity index (χ3n) is 2.92. The van der Waals surface area contributed by atoms with E-state index >= 15 is 0 Å². The van der Waals surface area contributed by atoms with Crippen molar-refractivity contribution >= 4 is 45.3 Å². The molecule has 0 saturated carbocycles. The molecule has 0 aliphatic heterocycles. The Kier molecular flexibility index (Phi) is 4.28. The molecule has 0 bridgehead atoms. The largest absolute Gasteiger partial charge is 0.296 e. The van der Waals surface area contributed by atoms with E-state index in [1.165, 1.54) is 22.7 Å². The number of aromatic nitrogens is 3. The van der Waals surface area contributed by atoms with Crippen molar-refractivity contribution in [3.05, 3.63) is 39.8 Å². The molecule has 3 aromatic heterocycles. The van der Waals surface area contributed by atoms with Crippen LogP contribution in [0.5, 0.6) is 0 Å². The Morgan fingerprint density at radius 3 is 2.82 bits per heavy atom. The molecule has 1 amide bonds. The second-order valence-corrected chi connectivity index (χ2v) is 7.44. The van der Waals surface area contributed by atoms with Gasteiger partial charge in [-0.25, -0.2) is 4.98 Å². The Balaban J connectivity index is 1.73. The summed E-state index contributed by atoms with van der Waals surface area (Å²) < 4.78 is 2.46. The van der Waals surface area contributed by atoms with Crippen LogP contribution in [0.15, 0.2) is 29.8 Å². The van der Waals surface area contributed by atoms with Gasteiger partial charge in [0.1, 0.15) is 0 Å². The second-order valence-electron chi connectivity index (χ2n) is 4.87. The van der Waals surface area contributed by atoms with E-state index in [-0.39, 0.29) is 11.9 Å². The molecule has 3 aromatic rings. The van der Waals surface area contributed by atoms with Crippen molar-refractivity contribution in [2.24, 2.45) is 0 Å². The molecular formula is C14H13ClN4OS2. The highest BCUT2D eigenvalue weighted by Gasteiger charge is 2.14. The van der Waals surface area contributed by atoms with Crippen molar-refractivity contribution in [2.45, 2.75) is 19.9 Å². The van der Waals surface area contributed by atoms with E-state index in [4.69, 9.17) is 11.6 Å². The zero-order valence-corrected chi connectivity index (χ0v) is 14.3. The molecule has 0 atom stereocenters. The van der Waals surface area contributed by atoms with Crippen LogP contribution in [-0.2, 0) is 0 Å². The summed E-state index contributed by atoms with van der Waals surface area (Å²) in [4.78, 5) is 17.5. The van der Waals surface area contributed by atoms with Crippen molar-refractivity contribution in [3.63, 3.8) is 0 Å². The predicted octanol–water partition coefficient (Wildman–Crippen LogP) is 4.55. The van der Waals surface area contributed by atoms with Crippen molar-refractivity contribution < 1.29 is 4.79 Å². The number of hydrogen-bond donors (Lipinski definition) is 1. The summed E-state index contributed by atoms with van der Waals surface area (Å²) in [5.41, 5.74) is 1.19. The van der Waals surface area contributed by atoms with E-state index < -0.39 is 0 Å². The third kappa shape index (κ3) is 3.21. The van der Waals surface area contributed by atoms with Gasteiger partial charge in [-0.05, 0) is 32.0 Å². The summed E-state index contributed by atoms with van der Waals surface area (Å²) in [7, 11) is 0. The first-order valence-corrected chi connectivity index (χ1v) is 8.68. The normalized spacial score (nSPS) is 11.1. The topological polar surface area (TPSA) is 59.8 Å². The van der Waals surface area contributed by atoms with E-state index in [9.17, 15) is 4.79 Å². The fraction of sp³-hybridized carbons (Fsp3) is 0.214. The van der Waals surface area contributed by atoms with Crippen LogP contribution in [0.4, 0.5) is 5.13 Å². The number of nitrogens with zero attached hydrogens (tertiary/aromatic N) is 3. The van der Waals surface area contributed by atoms with Crippen molar-refractivity contribution in [2.75, 3.05) is 5.32 Å². The second kappa shape index (κ2) is 6.20. The van der Waals surface area contributed by atoms with E-state index in [0.717, 1.165) is 10.6 Å². The maximum absolute atomic E-state index is 12.2. The SMILES string of the molecule is CC(C)n1ccc(C(=O)Nc2nc(-c3ccc(Cl)s3)cs2)n1. The average Bonchev–Trinajstić information content (AvgIpc) is 3.17. The zero-order valence-electron chi connectivity index (χ0n) is 11.9. The number of carbonyl (C=O) groups excluding carboxylic acids is 1. The Labute approximate surface area is 140 Å². The van der Waals surface area contributed by atoms with E-state index in [0.29, 0.717) is 15.2 Å². The van der Waals surface area contributed by atoms with Crippen LogP contribution < -0.4 is 5.32 Å². The Bertz CT molecular complexity index is 805. The van der Waals surface area contributed by atoms with Gasteiger partial charge in [-0.3, -0.25) is 14.8 Å². The number of hydrogen-bond acceptors (Lipinski definition) is 5. The van der Waals surface area contributed by atoms with E-state index in [1.54, 1.807) is 16.9 Å². The number of thiazole rings is 1. The van der Waals surface area contributed by atoms with Crippen LogP contribution in [0, 0.1) is 0 Å². The summed E-state index contributed by atoms with van der Waals surface area (Å²) in [5.74, 6) is -0.260. The molecule has 0 radical (unpaired) electrons. The Hall–Kier alpha value is -1.70. The highest BCUT2D eigenvalue weighted by molar-refractivity contribution is 7.20. The van der Waals surface area contributed by atoms with Gasteiger partial charge in [-0.1, -0.05) is 11.6 Å². The molecule has 22 heavy (non-hydrogen) atoms. The minimum atomic E-state index is -0.260. The molecular weight excluding hydrogens is 340 g/mol. The summed E-state index contributed by atoms with van der Waals surface area (Å²) in [6, 6.07) is 5.66. The van der Waals surface area contributed by atoms with E-state index in [1.807, 2.05) is 31.4 Å². The van der Waals surface area contributed by atoms with Crippen LogP contribution in [-0.4, -0.2) is 20.7 Å². The van der Waals surface area contributed by atoms with Crippen LogP contribution in [0.1, 0.15) is 30.4 Å². The molecule has 0 spiro atoms. The quantitative estimate of drug-likeness (QED) is 0.749. The van der Waals surface area contributed by atoms with Gasteiger partial charge in [-0.2, -0.15) is 5.10 Å². The lowest BCUT2D eigenvalue weighted by Crippen LogP contribution is -2.13. The lowest BCUT2D eigenvalue weighted by Gasteiger charge is -2.03. The van der Waals surface area contributed by atoms with Gasteiger partial charge >= 0.3 is 0 Å². The zero-order chi connectivity index (χ0) is 15.7. The van der Waals surface area contributed by atoms with Crippen molar-refractivity contribution in [1.29, 1.82) is 0 Å². The number of amides is 1. The molecule has 5 nitrogen and oxygen atoms in total. The van der Waals surface area contributed by atoms with Gasteiger partial charge in [-0.15, -0.1) is 22.7 Å². The first-order chi connectivity index (χ1) is 10.5. The van der Waals surface area contributed by atoms with Gasteiger partial charge in [0, 0.05) is 17.6 Å². The molecule has 0 aliphatic carbocycles. The molecule has 8 heteroatoms. The number of nitrogens with one attached hydrogen (secondary N) is 1.